The van der Waals surface area contributed by atoms with Crippen LogP contribution in [0.25, 0.3) is 11.5 Å². The van der Waals surface area contributed by atoms with Gasteiger partial charge in [0, 0.05) is 17.7 Å². The predicted octanol–water partition coefficient (Wildman–Crippen LogP) is 3.93. The molecule has 0 aromatic carbocycles. The van der Waals surface area contributed by atoms with E-state index < -0.39 is 17.0 Å². The SMILES string of the molecule is O=C(Nc1nc(-c2ccccn2)ns1)c1ccc(C(F)(F)F)s1. The molecule has 0 radical (unpaired) electrons. The van der Waals surface area contributed by atoms with Gasteiger partial charge >= 0.3 is 6.18 Å². The summed E-state index contributed by atoms with van der Waals surface area (Å²) in [5.41, 5.74) is 0.541. The van der Waals surface area contributed by atoms with Gasteiger partial charge in [-0.3, -0.25) is 15.1 Å². The van der Waals surface area contributed by atoms with E-state index in [4.69, 9.17) is 0 Å². The number of nitrogens with zero attached hydrogens (tertiary/aromatic N) is 3. The molecule has 0 saturated carbocycles. The minimum absolute atomic E-state index is 0.0492. The van der Waals surface area contributed by atoms with Gasteiger partial charge in [0.1, 0.15) is 10.6 Å². The largest absolute Gasteiger partial charge is 0.425 e. The van der Waals surface area contributed by atoms with Crippen LogP contribution >= 0.6 is 22.9 Å². The van der Waals surface area contributed by atoms with E-state index in [0.29, 0.717) is 22.9 Å². The third kappa shape index (κ3) is 3.54. The van der Waals surface area contributed by atoms with Crippen LogP contribution in [0.5, 0.6) is 0 Å². The first-order valence-electron chi connectivity index (χ1n) is 6.17. The molecular formula is C13H7F3N4OS2. The number of anilines is 1. The lowest BCUT2D eigenvalue weighted by atomic mass is 10.3. The Balaban J connectivity index is 1.74. The molecule has 0 fully saturated rings. The summed E-state index contributed by atoms with van der Waals surface area (Å²) in [4.78, 5) is 19.3. The molecule has 3 rings (SSSR count). The standard InChI is InChI=1S/C13H7F3N4OS2/c14-13(15,16)9-5-4-8(22-9)11(21)19-12-18-10(20-23-12)7-3-1-2-6-17-7/h1-6H,(H,18,19,20,21). The average molecular weight is 356 g/mol. The maximum atomic E-state index is 12.5. The Hall–Kier alpha value is -2.33. The molecule has 3 aromatic heterocycles. The van der Waals surface area contributed by atoms with Crippen molar-refractivity contribution in [1.82, 2.24) is 14.3 Å². The van der Waals surface area contributed by atoms with Crippen molar-refractivity contribution in [1.29, 1.82) is 0 Å². The van der Waals surface area contributed by atoms with Crippen LogP contribution in [-0.2, 0) is 6.18 Å². The molecule has 1 amide bonds. The van der Waals surface area contributed by atoms with Crippen LogP contribution in [0.3, 0.4) is 0 Å². The Morgan fingerprint density at radius 2 is 2.00 bits per heavy atom. The number of hydrogen-bond acceptors (Lipinski definition) is 6. The van der Waals surface area contributed by atoms with Crippen molar-refractivity contribution in [2.75, 3.05) is 5.32 Å². The summed E-state index contributed by atoms with van der Waals surface area (Å²) in [5.74, 6) is -0.317. The maximum Gasteiger partial charge on any atom is 0.425 e. The van der Waals surface area contributed by atoms with E-state index in [1.54, 1.807) is 24.4 Å². The quantitative estimate of drug-likeness (QED) is 0.772. The van der Waals surface area contributed by atoms with Crippen LogP contribution in [0.4, 0.5) is 18.3 Å². The molecule has 0 aliphatic rings. The second kappa shape index (κ2) is 6.05. The number of hydrogen-bond donors (Lipinski definition) is 1. The van der Waals surface area contributed by atoms with E-state index in [0.717, 1.165) is 23.7 Å². The van der Waals surface area contributed by atoms with Crippen LogP contribution in [-0.4, -0.2) is 20.2 Å². The number of carbonyl (C=O) groups excluding carboxylic acids is 1. The number of thiophene rings is 1. The number of rotatable bonds is 3. The van der Waals surface area contributed by atoms with Crippen molar-refractivity contribution in [3.63, 3.8) is 0 Å². The van der Waals surface area contributed by atoms with E-state index in [1.165, 1.54) is 0 Å². The summed E-state index contributed by atoms with van der Waals surface area (Å²) in [5, 5.41) is 2.63. The van der Waals surface area contributed by atoms with Gasteiger partial charge in [-0.15, -0.1) is 11.3 Å². The topological polar surface area (TPSA) is 67.8 Å². The fourth-order valence-corrected chi connectivity index (χ4v) is 2.99. The van der Waals surface area contributed by atoms with Crippen molar-refractivity contribution < 1.29 is 18.0 Å². The summed E-state index contributed by atoms with van der Waals surface area (Å²) in [6.07, 6.45) is -2.88. The van der Waals surface area contributed by atoms with Crippen molar-refractivity contribution >= 4 is 33.9 Å². The molecule has 5 nitrogen and oxygen atoms in total. The van der Waals surface area contributed by atoms with Gasteiger partial charge in [0.25, 0.3) is 5.91 Å². The number of carbonyl (C=O) groups is 1. The van der Waals surface area contributed by atoms with Gasteiger partial charge < -0.3 is 0 Å². The van der Waals surface area contributed by atoms with Gasteiger partial charge in [-0.25, -0.2) is 0 Å². The number of alkyl halides is 3. The molecule has 0 atom stereocenters. The van der Waals surface area contributed by atoms with Crippen molar-refractivity contribution in [2.45, 2.75) is 6.18 Å². The molecule has 0 spiro atoms. The van der Waals surface area contributed by atoms with E-state index in [9.17, 15) is 18.0 Å². The minimum atomic E-state index is -4.46. The molecule has 0 unspecified atom stereocenters. The van der Waals surface area contributed by atoms with Crippen molar-refractivity contribution in [3.05, 3.63) is 46.3 Å². The average Bonchev–Trinajstić information content (AvgIpc) is 3.17. The van der Waals surface area contributed by atoms with Gasteiger partial charge in [0.15, 0.2) is 5.82 Å². The highest BCUT2D eigenvalue weighted by Crippen LogP contribution is 2.34. The zero-order valence-electron chi connectivity index (χ0n) is 11.2. The molecule has 3 aromatic rings. The number of nitrogens with one attached hydrogen (secondary N) is 1. The summed E-state index contributed by atoms with van der Waals surface area (Å²) in [6.45, 7) is 0. The van der Waals surface area contributed by atoms with Crippen LogP contribution in [0.1, 0.15) is 14.5 Å². The van der Waals surface area contributed by atoms with Crippen molar-refractivity contribution in [3.8, 4) is 11.5 Å². The number of halogens is 3. The fourth-order valence-electron chi connectivity index (χ4n) is 1.64. The lowest BCUT2D eigenvalue weighted by Gasteiger charge is -2.01. The first-order valence-corrected chi connectivity index (χ1v) is 7.76. The first-order chi connectivity index (χ1) is 10.9. The second-order valence-corrected chi connectivity index (χ2v) is 6.09. The molecule has 118 valence electrons. The highest BCUT2D eigenvalue weighted by Gasteiger charge is 2.33. The Bertz CT molecular complexity index is 829. The highest BCUT2D eigenvalue weighted by atomic mass is 32.1. The Morgan fingerprint density at radius 3 is 2.65 bits per heavy atom. The second-order valence-electron chi connectivity index (χ2n) is 4.25. The Kier molecular flexibility index (Phi) is 4.09. The molecular weight excluding hydrogens is 349 g/mol. The van der Waals surface area contributed by atoms with Crippen LogP contribution in [0.15, 0.2) is 36.5 Å². The van der Waals surface area contributed by atoms with Crippen molar-refractivity contribution in [2.24, 2.45) is 0 Å². The summed E-state index contributed by atoms with van der Waals surface area (Å²) >= 11 is 1.31. The summed E-state index contributed by atoms with van der Waals surface area (Å²) < 4.78 is 41.7. The van der Waals surface area contributed by atoms with E-state index in [2.05, 4.69) is 19.7 Å². The zero-order valence-corrected chi connectivity index (χ0v) is 12.8. The number of aromatic nitrogens is 3. The first kappa shape index (κ1) is 15.6. The van der Waals surface area contributed by atoms with E-state index in [-0.39, 0.29) is 10.0 Å². The molecule has 0 aliphatic heterocycles. The smallest absolute Gasteiger partial charge is 0.296 e. The molecule has 23 heavy (non-hydrogen) atoms. The molecule has 0 saturated heterocycles. The van der Waals surface area contributed by atoms with E-state index >= 15 is 0 Å². The van der Waals surface area contributed by atoms with Gasteiger partial charge in [-0.2, -0.15) is 22.5 Å². The highest BCUT2D eigenvalue weighted by molar-refractivity contribution is 7.14. The van der Waals surface area contributed by atoms with Crippen LogP contribution in [0, 0.1) is 0 Å². The third-order valence-corrected chi connectivity index (χ3v) is 4.41. The Morgan fingerprint density at radius 1 is 1.17 bits per heavy atom. The summed E-state index contributed by atoms with van der Waals surface area (Å²) in [6, 6.07) is 7.23. The fraction of sp³-hybridized carbons (Fsp3) is 0.0769. The lowest BCUT2D eigenvalue weighted by Crippen LogP contribution is -2.09. The minimum Gasteiger partial charge on any atom is -0.296 e. The molecule has 3 heterocycles. The van der Waals surface area contributed by atoms with Gasteiger partial charge in [-0.05, 0) is 24.3 Å². The zero-order chi connectivity index (χ0) is 16.4. The normalized spacial score (nSPS) is 11.4. The Labute approximate surface area is 136 Å². The molecule has 1 N–H and O–H groups in total. The maximum absolute atomic E-state index is 12.5. The predicted molar refractivity (Wildman–Crippen MR) is 80.4 cm³/mol. The van der Waals surface area contributed by atoms with Gasteiger partial charge in [0.2, 0.25) is 5.13 Å². The number of amides is 1. The van der Waals surface area contributed by atoms with Gasteiger partial charge in [-0.1, -0.05) is 6.07 Å². The van der Waals surface area contributed by atoms with Crippen LogP contribution < -0.4 is 5.32 Å². The molecule has 0 aliphatic carbocycles. The lowest BCUT2D eigenvalue weighted by molar-refractivity contribution is -0.134. The third-order valence-electron chi connectivity index (χ3n) is 2.65. The van der Waals surface area contributed by atoms with Crippen LogP contribution in [0.2, 0.25) is 0 Å². The summed E-state index contributed by atoms with van der Waals surface area (Å²) in [7, 11) is 0. The van der Waals surface area contributed by atoms with Gasteiger partial charge in [0.05, 0.1) is 4.88 Å². The molecule has 10 heteroatoms. The van der Waals surface area contributed by atoms with E-state index in [1.807, 2.05) is 0 Å². The monoisotopic (exact) mass is 356 g/mol. The molecule has 0 bridgehead atoms. The number of pyridine rings is 1.